The third-order valence-corrected chi connectivity index (χ3v) is 3.68. The van der Waals surface area contributed by atoms with Gasteiger partial charge in [-0.25, -0.2) is 9.59 Å². The number of hydrogen-bond acceptors (Lipinski definition) is 4. The number of methoxy groups -OCH3 is 1. The summed E-state index contributed by atoms with van der Waals surface area (Å²) < 4.78 is 9.91. The number of nitrogens with zero attached hydrogens (tertiary/aromatic N) is 1. The normalized spacial score (nSPS) is 17.7. The van der Waals surface area contributed by atoms with Crippen molar-refractivity contribution < 1.29 is 19.1 Å². The molecule has 1 aromatic carbocycles. The highest BCUT2D eigenvalue weighted by atomic mass is 16.6. The molecule has 1 saturated heterocycles. The van der Waals surface area contributed by atoms with Gasteiger partial charge in [0.05, 0.1) is 7.11 Å². The van der Waals surface area contributed by atoms with Crippen LogP contribution in [-0.4, -0.2) is 36.7 Å². The van der Waals surface area contributed by atoms with Crippen LogP contribution >= 0.6 is 0 Å². The molecule has 1 amide bonds. The largest absolute Gasteiger partial charge is 0.466 e. The predicted octanol–water partition coefficient (Wildman–Crippen LogP) is 2.91. The molecule has 5 heteroatoms. The maximum atomic E-state index is 12.2. The van der Waals surface area contributed by atoms with Crippen molar-refractivity contribution in [1.82, 2.24) is 4.90 Å². The third kappa shape index (κ3) is 4.62. The fourth-order valence-corrected chi connectivity index (χ4v) is 2.51. The van der Waals surface area contributed by atoms with Crippen LogP contribution in [0.5, 0.6) is 0 Å². The first-order valence-corrected chi connectivity index (χ1v) is 7.42. The standard InChI is InChI=1S/C17H21NO4/c1-21-16(19)11-5-9-15-10-6-12-18(15)17(20)22-13-14-7-3-2-4-8-14/h2-5,7-8,11,15H,6,9-10,12-13H2,1H3/t15-/m1/s1. The SMILES string of the molecule is COC(=O)C=CC[C@@H]1CCCN1C(=O)OCc1ccccc1. The van der Waals surface area contributed by atoms with Gasteiger partial charge in [-0.15, -0.1) is 0 Å². The van der Waals surface area contributed by atoms with Crippen LogP contribution in [0.1, 0.15) is 24.8 Å². The number of carbonyl (C=O) groups excluding carboxylic acids is 2. The lowest BCUT2D eigenvalue weighted by atomic mass is 10.1. The number of ether oxygens (including phenoxy) is 2. The summed E-state index contributed by atoms with van der Waals surface area (Å²) in [7, 11) is 1.34. The van der Waals surface area contributed by atoms with E-state index in [1.165, 1.54) is 13.2 Å². The van der Waals surface area contributed by atoms with Gasteiger partial charge >= 0.3 is 12.1 Å². The number of rotatable bonds is 5. The Kier molecular flexibility index (Phi) is 6.01. The molecular weight excluding hydrogens is 282 g/mol. The lowest BCUT2D eigenvalue weighted by molar-refractivity contribution is -0.134. The minimum atomic E-state index is -0.379. The quantitative estimate of drug-likeness (QED) is 0.620. The third-order valence-electron chi connectivity index (χ3n) is 3.68. The van der Waals surface area contributed by atoms with Gasteiger partial charge in [0.25, 0.3) is 0 Å². The Bertz CT molecular complexity index is 527. The minimum Gasteiger partial charge on any atom is -0.466 e. The number of likely N-dealkylation sites (tertiary alicyclic amines) is 1. The van der Waals surface area contributed by atoms with Gasteiger partial charge in [0.15, 0.2) is 0 Å². The van der Waals surface area contributed by atoms with Crippen LogP contribution < -0.4 is 0 Å². The van der Waals surface area contributed by atoms with Crippen molar-refractivity contribution in [3.05, 3.63) is 48.0 Å². The fourth-order valence-electron chi connectivity index (χ4n) is 2.51. The van der Waals surface area contributed by atoms with Gasteiger partial charge in [-0.3, -0.25) is 0 Å². The average molecular weight is 303 g/mol. The van der Waals surface area contributed by atoms with Gasteiger partial charge in [-0.05, 0) is 24.8 Å². The number of amides is 1. The van der Waals surface area contributed by atoms with Crippen LogP contribution in [0.4, 0.5) is 4.79 Å². The summed E-state index contributed by atoms with van der Waals surface area (Å²) in [5, 5.41) is 0. The van der Waals surface area contributed by atoms with Gasteiger partial charge in [0.1, 0.15) is 6.61 Å². The summed E-state index contributed by atoms with van der Waals surface area (Å²) in [5.74, 6) is -0.379. The maximum Gasteiger partial charge on any atom is 0.410 e. The first kappa shape index (κ1) is 16.1. The molecular formula is C17H21NO4. The van der Waals surface area contributed by atoms with E-state index in [9.17, 15) is 9.59 Å². The highest BCUT2D eigenvalue weighted by Crippen LogP contribution is 2.21. The summed E-state index contributed by atoms with van der Waals surface area (Å²) >= 11 is 0. The lowest BCUT2D eigenvalue weighted by Gasteiger charge is -2.23. The van der Waals surface area contributed by atoms with Crippen LogP contribution in [0.3, 0.4) is 0 Å². The smallest absolute Gasteiger partial charge is 0.410 e. The zero-order chi connectivity index (χ0) is 15.8. The molecule has 1 aliphatic heterocycles. The van der Waals surface area contributed by atoms with Crippen LogP contribution in [0.25, 0.3) is 0 Å². The number of hydrogen-bond donors (Lipinski definition) is 0. The molecule has 2 rings (SSSR count). The first-order valence-electron chi connectivity index (χ1n) is 7.42. The molecule has 1 aromatic rings. The molecule has 0 bridgehead atoms. The number of esters is 1. The predicted molar refractivity (Wildman–Crippen MR) is 82.1 cm³/mol. The van der Waals surface area contributed by atoms with E-state index in [2.05, 4.69) is 4.74 Å². The van der Waals surface area contributed by atoms with Crippen molar-refractivity contribution >= 4 is 12.1 Å². The Labute approximate surface area is 130 Å². The molecule has 22 heavy (non-hydrogen) atoms. The van der Waals surface area contributed by atoms with Crippen molar-refractivity contribution in [3.8, 4) is 0 Å². The second-order valence-electron chi connectivity index (χ2n) is 5.19. The van der Waals surface area contributed by atoms with Crippen molar-refractivity contribution in [2.45, 2.75) is 31.9 Å². The van der Waals surface area contributed by atoms with E-state index in [-0.39, 0.29) is 24.7 Å². The molecule has 5 nitrogen and oxygen atoms in total. The average Bonchev–Trinajstić information content (AvgIpc) is 3.02. The van der Waals surface area contributed by atoms with Crippen molar-refractivity contribution in [2.75, 3.05) is 13.7 Å². The molecule has 0 aromatic heterocycles. The Hall–Kier alpha value is -2.30. The van der Waals surface area contributed by atoms with E-state index in [1.54, 1.807) is 11.0 Å². The Balaban J connectivity index is 1.83. The first-order chi connectivity index (χ1) is 10.7. The molecule has 1 fully saturated rings. The molecule has 0 N–H and O–H groups in total. The monoisotopic (exact) mass is 303 g/mol. The van der Waals surface area contributed by atoms with Crippen LogP contribution in [0.15, 0.2) is 42.5 Å². The van der Waals surface area contributed by atoms with Gasteiger partial charge in [-0.2, -0.15) is 0 Å². The van der Waals surface area contributed by atoms with E-state index < -0.39 is 0 Å². The molecule has 0 aliphatic carbocycles. The van der Waals surface area contributed by atoms with Crippen LogP contribution in [-0.2, 0) is 20.9 Å². The van der Waals surface area contributed by atoms with Crippen LogP contribution in [0.2, 0.25) is 0 Å². The van der Waals surface area contributed by atoms with Crippen molar-refractivity contribution in [3.63, 3.8) is 0 Å². The van der Waals surface area contributed by atoms with Crippen molar-refractivity contribution in [1.29, 1.82) is 0 Å². The second kappa shape index (κ2) is 8.22. The molecule has 0 spiro atoms. The molecule has 1 aliphatic rings. The van der Waals surface area contributed by atoms with E-state index in [1.807, 2.05) is 30.3 Å². The van der Waals surface area contributed by atoms with Crippen molar-refractivity contribution in [2.24, 2.45) is 0 Å². The molecule has 1 heterocycles. The molecule has 0 saturated carbocycles. The highest BCUT2D eigenvalue weighted by molar-refractivity contribution is 5.81. The second-order valence-corrected chi connectivity index (χ2v) is 5.19. The Morgan fingerprint density at radius 3 is 2.82 bits per heavy atom. The van der Waals surface area contributed by atoms with Crippen LogP contribution in [0, 0.1) is 0 Å². The van der Waals surface area contributed by atoms with Gasteiger partial charge < -0.3 is 14.4 Å². The summed E-state index contributed by atoms with van der Waals surface area (Å²) in [5.41, 5.74) is 0.970. The fraction of sp³-hybridized carbons (Fsp3) is 0.412. The van der Waals surface area contributed by atoms with Gasteiger partial charge in [-0.1, -0.05) is 36.4 Å². The van der Waals surface area contributed by atoms with E-state index >= 15 is 0 Å². The zero-order valence-electron chi connectivity index (χ0n) is 12.7. The number of carbonyl (C=O) groups is 2. The summed E-state index contributed by atoms with van der Waals surface area (Å²) in [6.45, 7) is 0.977. The highest BCUT2D eigenvalue weighted by Gasteiger charge is 2.28. The summed E-state index contributed by atoms with van der Waals surface area (Å²) in [6.07, 6.45) is 5.36. The van der Waals surface area contributed by atoms with E-state index in [0.717, 1.165) is 18.4 Å². The lowest BCUT2D eigenvalue weighted by Crippen LogP contribution is -2.35. The molecule has 0 unspecified atom stereocenters. The Morgan fingerprint density at radius 2 is 2.09 bits per heavy atom. The van der Waals surface area contributed by atoms with E-state index in [0.29, 0.717) is 13.0 Å². The number of benzene rings is 1. The maximum absolute atomic E-state index is 12.2. The molecule has 118 valence electrons. The summed E-state index contributed by atoms with van der Waals surface area (Å²) in [4.78, 5) is 25.0. The molecule has 1 atom stereocenters. The van der Waals surface area contributed by atoms with Gasteiger partial charge in [0, 0.05) is 18.7 Å². The van der Waals surface area contributed by atoms with Gasteiger partial charge in [0.2, 0.25) is 0 Å². The summed E-state index contributed by atoms with van der Waals surface area (Å²) in [6, 6.07) is 9.69. The van der Waals surface area contributed by atoms with E-state index in [4.69, 9.17) is 4.74 Å². The molecule has 0 radical (unpaired) electrons. The Morgan fingerprint density at radius 1 is 1.32 bits per heavy atom. The topological polar surface area (TPSA) is 55.8 Å². The minimum absolute atomic E-state index is 0.0872. The zero-order valence-corrected chi connectivity index (χ0v) is 12.7.